The SMILES string of the molecule is OC(CNc1cccc(Cl)c1Cl)COCC1CCCO1. The van der Waals surface area contributed by atoms with Crippen molar-refractivity contribution in [3.8, 4) is 0 Å². The summed E-state index contributed by atoms with van der Waals surface area (Å²) in [4.78, 5) is 0. The van der Waals surface area contributed by atoms with E-state index in [9.17, 15) is 5.11 Å². The number of hydrogen-bond acceptors (Lipinski definition) is 4. The standard InChI is InChI=1S/C14H19Cl2NO3/c15-12-4-1-5-13(14(12)16)17-7-10(18)8-19-9-11-3-2-6-20-11/h1,4-5,10-11,17-18H,2-3,6-9H2. The molecular weight excluding hydrogens is 301 g/mol. The van der Waals surface area contributed by atoms with E-state index in [1.807, 2.05) is 6.07 Å². The molecule has 112 valence electrons. The Balaban J connectivity index is 1.66. The molecule has 0 radical (unpaired) electrons. The maximum atomic E-state index is 9.84. The molecule has 1 heterocycles. The molecular formula is C14H19Cl2NO3. The van der Waals surface area contributed by atoms with Crippen molar-refractivity contribution in [1.29, 1.82) is 0 Å². The second kappa shape index (κ2) is 8.05. The zero-order valence-corrected chi connectivity index (χ0v) is 12.7. The summed E-state index contributed by atoms with van der Waals surface area (Å²) in [5.41, 5.74) is 0.706. The number of ether oxygens (including phenoxy) is 2. The Morgan fingerprint density at radius 3 is 3.05 bits per heavy atom. The van der Waals surface area contributed by atoms with Gasteiger partial charge in [0.25, 0.3) is 0 Å². The van der Waals surface area contributed by atoms with Crippen LogP contribution >= 0.6 is 23.2 Å². The van der Waals surface area contributed by atoms with Crippen LogP contribution in [0.5, 0.6) is 0 Å². The van der Waals surface area contributed by atoms with Crippen LogP contribution in [0.2, 0.25) is 10.0 Å². The molecule has 1 saturated heterocycles. The van der Waals surface area contributed by atoms with Crippen molar-refractivity contribution in [3.63, 3.8) is 0 Å². The van der Waals surface area contributed by atoms with Crippen molar-refractivity contribution in [1.82, 2.24) is 0 Å². The topological polar surface area (TPSA) is 50.7 Å². The normalized spacial score (nSPS) is 20.1. The molecule has 0 aromatic heterocycles. The van der Waals surface area contributed by atoms with Crippen molar-refractivity contribution in [2.75, 3.05) is 31.7 Å². The van der Waals surface area contributed by atoms with Gasteiger partial charge in [0, 0.05) is 13.2 Å². The van der Waals surface area contributed by atoms with Gasteiger partial charge >= 0.3 is 0 Å². The van der Waals surface area contributed by atoms with Gasteiger partial charge in [-0.25, -0.2) is 0 Å². The predicted octanol–water partition coefficient (Wildman–Crippen LogP) is 2.96. The number of rotatable bonds is 7. The Bertz CT molecular complexity index is 425. The summed E-state index contributed by atoms with van der Waals surface area (Å²) in [6, 6.07) is 5.33. The molecule has 0 spiro atoms. The Labute approximate surface area is 129 Å². The smallest absolute Gasteiger partial charge is 0.0945 e. The first-order valence-corrected chi connectivity index (χ1v) is 7.47. The average Bonchev–Trinajstić information content (AvgIpc) is 2.94. The number of halogens is 2. The van der Waals surface area contributed by atoms with Gasteiger partial charge in [-0.15, -0.1) is 0 Å². The number of hydrogen-bond donors (Lipinski definition) is 2. The van der Waals surface area contributed by atoms with Gasteiger partial charge in [-0.1, -0.05) is 29.3 Å². The van der Waals surface area contributed by atoms with Gasteiger partial charge in [-0.05, 0) is 25.0 Å². The van der Waals surface area contributed by atoms with E-state index in [1.165, 1.54) is 0 Å². The zero-order chi connectivity index (χ0) is 14.4. The Kier molecular flexibility index (Phi) is 6.39. The molecule has 6 heteroatoms. The van der Waals surface area contributed by atoms with Gasteiger partial charge in [0.1, 0.15) is 0 Å². The molecule has 1 aromatic rings. The molecule has 0 bridgehead atoms. The quantitative estimate of drug-likeness (QED) is 0.811. The van der Waals surface area contributed by atoms with E-state index in [4.69, 9.17) is 32.7 Å². The molecule has 1 fully saturated rings. The van der Waals surface area contributed by atoms with Crippen LogP contribution in [0.25, 0.3) is 0 Å². The van der Waals surface area contributed by atoms with E-state index in [1.54, 1.807) is 12.1 Å². The van der Waals surface area contributed by atoms with E-state index in [2.05, 4.69) is 5.32 Å². The number of benzene rings is 1. The molecule has 1 aliphatic heterocycles. The highest BCUT2D eigenvalue weighted by molar-refractivity contribution is 6.43. The van der Waals surface area contributed by atoms with E-state index >= 15 is 0 Å². The third-order valence-electron chi connectivity index (χ3n) is 3.12. The summed E-state index contributed by atoms with van der Waals surface area (Å²) in [6.45, 7) is 1.97. The minimum Gasteiger partial charge on any atom is -0.389 e. The lowest BCUT2D eigenvalue weighted by atomic mass is 10.2. The summed E-state index contributed by atoms with van der Waals surface area (Å²) >= 11 is 12.0. The summed E-state index contributed by atoms with van der Waals surface area (Å²) in [7, 11) is 0. The molecule has 4 nitrogen and oxygen atoms in total. The maximum absolute atomic E-state index is 9.84. The highest BCUT2D eigenvalue weighted by atomic mass is 35.5. The van der Waals surface area contributed by atoms with E-state index in [0.29, 0.717) is 28.9 Å². The zero-order valence-electron chi connectivity index (χ0n) is 11.1. The Morgan fingerprint density at radius 2 is 2.30 bits per heavy atom. The molecule has 2 N–H and O–H groups in total. The van der Waals surface area contributed by atoms with Crippen LogP contribution in [-0.2, 0) is 9.47 Å². The number of nitrogens with one attached hydrogen (secondary N) is 1. The van der Waals surface area contributed by atoms with Gasteiger partial charge in [0.2, 0.25) is 0 Å². The lowest BCUT2D eigenvalue weighted by Gasteiger charge is -2.16. The van der Waals surface area contributed by atoms with Crippen LogP contribution in [0.15, 0.2) is 18.2 Å². The van der Waals surface area contributed by atoms with Gasteiger partial charge in [-0.3, -0.25) is 0 Å². The second-order valence-corrected chi connectivity index (χ2v) is 5.59. The van der Waals surface area contributed by atoms with Crippen LogP contribution in [0.3, 0.4) is 0 Å². The number of aliphatic hydroxyl groups is 1. The molecule has 0 amide bonds. The number of aliphatic hydroxyl groups excluding tert-OH is 1. The third kappa shape index (κ3) is 4.79. The largest absolute Gasteiger partial charge is 0.389 e. The van der Waals surface area contributed by atoms with Gasteiger partial charge in [0.15, 0.2) is 0 Å². The first kappa shape index (κ1) is 15.9. The van der Waals surface area contributed by atoms with Crippen molar-refractivity contribution < 1.29 is 14.6 Å². The maximum Gasteiger partial charge on any atom is 0.0945 e. The average molecular weight is 320 g/mol. The van der Waals surface area contributed by atoms with Crippen LogP contribution in [0, 0.1) is 0 Å². The van der Waals surface area contributed by atoms with Crippen molar-refractivity contribution in [2.45, 2.75) is 25.0 Å². The first-order valence-electron chi connectivity index (χ1n) is 6.72. The van der Waals surface area contributed by atoms with Gasteiger partial charge in [-0.2, -0.15) is 0 Å². The summed E-state index contributed by atoms with van der Waals surface area (Å²) in [5.74, 6) is 0. The highest BCUT2D eigenvalue weighted by Gasteiger charge is 2.16. The summed E-state index contributed by atoms with van der Waals surface area (Å²) in [5, 5.41) is 13.8. The first-order chi connectivity index (χ1) is 9.66. The van der Waals surface area contributed by atoms with Crippen molar-refractivity contribution in [2.24, 2.45) is 0 Å². The van der Waals surface area contributed by atoms with Crippen molar-refractivity contribution in [3.05, 3.63) is 28.2 Å². The fourth-order valence-electron chi connectivity index (χ4n) is 2.04. The highest BCUT2D eigenvalue weighted by Crippen LogP contribution is 2.29. The Hall–Kier alpha value is -0.520. The number of anilines is 1. The Morgan fingerprint density at radius 1 is 1.45 bits per heavy atom. The van der Waals surface area contributed by atoms with Crippen LogP contribution in [0.1, 0.15) is 12.8 Å². The van der Waals surface area contributed by atoms with Crippen LogP contribution in [0.4, 0.5) is 5.69 Å². The monoisotopic (exact) mass is 319 g/mol. The van der Waals surface area contributed by atoms with Gasteiger partial charge < -0.3 is 19.9 Å². The molecule has 2 rings (SSSR count). The minimum absolute atomic E-state index is 0.178. The van der Waals surface area contributed by atoms with E-state index in [-0.39, 0.29) is 12.7 Å². The molecule has 1 aliphatic rings. The summed E-state index contributed by atoms with van der Waals surface area (Å²) < 4.78 is 10.9. The van der Waals surface area contributed by atoms with Gasteiger partial charge in [0.05, 0.1) is 41.2 Å². The van der Waals surface area contributed by atoms with Crippen LogP contribution in [-0.4, -0.2) is 43.7 Å². The van der Waals surface area contributed by atoms with E-state index < -0.39 is 6.10 Å². The fourth-order valence-corrected chi connectivity index (χ4v) is 2.41. The molecule has 0 aliphatic carbocycles. The van der Waals surface area contributed by atoms with Crippen LogP contribution < -0.4 is 5.32 Å². The second-order valence-electron chi connectivity index (χ2n) is 4.81. The third-order valence-corrected chi connectivity index (χ3v) is 3.94. The molecule has 2 unspecified atom stereocenters. The molecule has 20 heavy (non-hydrogen) atoms. The lowest BCUT2D eigenvalue weighted by Crippen LogP contribution is -2.27. The molecule has 2 atom stereocenters. The van der Waals surface area contributed by atoms with E-state index in [0.717, 1.165) is 19.4 Å². The molecule has 1 aromatic carbocycles. The van der Waals surface area contributed by atoms with Crippen molar-refractivity contribution >= 4 is 28.9 Å². The minimum atomic E-state index is -0.605. The summed E-state index contributed by atoms with van der Waals surface area (Å²) in [6.07, 6.45) is 1.70. The predicted molar refractivity (Wildman–Crippen MR) is 80.8 cm³/mol. The fraction of sp³-hybridized carbons (Fsp3) is 0.571. The lowest BCUT2D eigenvalue weighted by molar-refractivity contribution is -0.0137. The molecule has 0 saturated carbocycles.